The van der Waals surface area contributed by atoms with Crippen LogP contribution in [0.4, 0.5) is 0 Å². The van der Waals surface area contributed by atoms with Gasteiger partial charge in [-0.2, -0.15) is 9.97 Å². The van der Waals surface area contributed by atoms with Gasteiger partial charge in [-0.1, -0.05) is 194 Å². The zero-order valence-corrected chi connectivity index (χ0v) is 43.6. The molecule has 5 heterocycles. The molecule has 16 aromatic rings. The van der Waals surface area contributed by atoms with Gasteiger partial charge in [0.15, 0.2) is 11.6 Å². The first-order valence-corrected chi connectivity index (χ1v) is 27.3. The summed E-state index contributed by atoms with van der Waals surface area (Å²) < 4.78 is 10.8. The second-order valence-electron chi connectivity index (χ2n) is 20.6. The summed E-state index contributed by atoms with van der Waals surface area (Å²) in [5.74, 6) is 2.48. The van der Waals surface area contributed by atoms with Gasteiger partial charge < -0.3 is 4.42 Å². The molecule has 0 saturated heterocycles. The third-order valence-corrected chi connectivity index (χ3v) is 15.8. The predicted molar refractivity (Wildman–Crippen MR) is 332 cm³/mol. The van der Waals surface area contributed by atoms with Crippen molar-refractivity contribution in [2.75, 3.05) is 0 Å². The third-order valence-electron chi connectivity index (χ3n) is 15.8. The lowest BCUT2D eigenvalue weighted by Crippen LogP contribution is -2.06. The molecule has 0 aliphatic carbocycles. The van der Waals surface area contributed by atoms with Crippen molar-refractivity contribution in [3.8, 4) is 90.3 Å². The molecule has 378 valence electrons. The SMILES string of the molecule is c1ccc(-c2cccc(-c3nc(-c4cccc(-c5ccccc5)c4)nc(-n4c5ccc(-c6ccccc6)cc5c5c6c7cc(-c8ccccc8)ccc7n(-c7cccc(-c8ccc9oc%10ccccc%10c9c8)n7)c6ccc54)n3)c2)cc1. The van der Waals surface area contributed by atoms with E-state index in [1.165, 1.54) is 0 Å². The Bertz CT molecular complexity index is 5000. The van der Waals surface area contributed by atoms with Gasteiger partial charge in [0, 0.05) is 49.0 Å². The maximum absolute atomic E-state index is 6.25. The Morgan fingerprint density at radius 2 is 0.667 bits per heavy atom. The Morgan fingerprint density at radius 3 is 1.23 bits per heavy atom. The van der Waals surface area contributed by atoms with E-state index in [0.29, 0.717) is 17.6 Å². The highest BCUT2D eigenvalue weighted by molar-refractivity contribution is 6.29. The second-order valence-corrected chi connectivity index (χ2v) is 20.6. The molecule has 16 rings (SSSR count). The minimum absolute atomic E-state index is 0.516. The molecule has 5 aromatic heterocycles. The normalized spacial score (nSPS) is 11.7. The van der Waals surface area contributed by atoms with Crippen LogP contribution in [0.2, 0.25) is 0 Å². The summed E-state index contributed by atoms with van der Waals surface area (Å²) >= 11 is 0. The summed E-state index contributed by atoms with van der Waals surface area (Å²) in [6.07, 6.45) is 0. The van der Waals surface area contributed by atoms with Gasteiger partial charge in [0.2, 0.25) is 5.95 Å². The number of hydrogen-bond acceptors (Lipinski definition) is 5. The average Bonchev–Trinajstić information content (AvgIpc) is 4.42. The number of aromatic nitrogens is 6. The van der Waals surface area contributed by atoms with Crippen LogP contribution in [0.5, 0.6) is 0 Å². The van der Waals surface area contributed by atoms with Gasteiger partial charge in [-0.3, -0.25) is 9.13 Å². The summed E-state index contributed by atoms with van der Waals surface area (Å²) in [5, 5.41) is 6.51. The van der Waals surface area contributed by atoms with Gasteiger partial charge in [0.1, 0.15) is 17.0 Å². The number of rotatable bonds is 9. The molecule has 7 heteroatoms. The largest absolute Gasteiger partial charge is 0.456 e. The van der Waals surface area contributed by atoms with E-state index in [1.54, 1.807) is 0 Å². The molecule has 0 aliphatic heterocycles. The highest BCUT2D eigenvalue weighted by Crippen LogP contribution is 2.45. The third kappa shape index (κ3) is 7.90. The smallest absolute Gasteiger partial charge is 0.238 e. The molecule has 0 bridgehead atoms. The van der Waals surface area contributed by atoms with Gasteiger partial charge in [0.05, 0.1) is 27.8 Å². The van der Waals surface area contributed by atoms with Crippen molar-refractivity contribution in [3.63, 3.8) is 0 Å². The van der Waals surface area contributed by atoms with E-state index in [-0.39, 0.29) is 0 Å². The highest BCUT2D eigenvalue weighted by atomic mass is 16.3. The lowest BCUT2D eigenvalue weighted by atomic mass is 9.99. The number of benzene rings is 11. The summed E-state index contributed by atoms with van der Waals surface area (Å²) in [5.41, 5.74) is 18.3. The van der Waals surface area contributed by atoms with E-state index >= 15 is 0 Å². The molecule has 7 nitrogen and oxygen atoms in total. The molecule has 0 unspecified atom stereocenters. The fraction of sp³-hybridized carbons (Fsp3) is 0. The maximum Gasteiger partial charge on any atom is 0.238 e. The first kappa shape index (κ1) is 46.1. The summed E-state index contributed by atoms with van der Waals surface area (Å²) in [4.78, 5) is 21.9. The topological polar surface area (TPSA) is 74.6 Å². The molecule has 11 aromatic carbocycles. The number of furan rings is 1. The van der Waals surface area contributed by atoms with Gasteiger partial charge in [0.25, 0.3) is 0 Å². The van der Waals surface area contributed by atoms with Crippen LogP contribution in [0, 0.1) is 0 Å². The molecular formula is C74H46N6O. The zero-order valence-electron chi connectivity index (χ0n) is 43.6. The van der Waals surface area contributed by atoms with Crippen molar-refractivity contribution in [1.82, 2.24) is 29.1 Å². The summed E-state index contributed by atoms with van der Waals surface area (Å²) in [6.45, 7) is 0. The minimum atomic E-state index is 0.516. The highest BCUT2D eigenvalue weighted by Gasteiger charge is 2.25. The Morgan fingerprint density at radius 1 is 0.247 bits per heavy atom. The maximum atomic E-state index is 6.25. The van der Waals surface area contributed by atoms with Crippen molar-refractivity contribution in [3.05, 3.63) is 279 Å². The number of para-hydroxylation sites is 1. The Balaban J connectivity index is 0.974. The first-order valence-electron chi connectivity index (χ1n) is 27.3. The van der Waals surface area contributed by atoms with Crippen molar-refractivity contribution >= 4 is 65.6 Å². The van der Waals surface area contributed by atoms with Crippen LogP contribution in [0.15, 0.2) is 283 Å². The number of fused-ring (bicyclic) bond motifs is 10. The number of hydrogen-bond donors (Lipinski definition) is 0. The van der Waals surface area contributed by atoms with Gasteiger partial charge in [-0.05, 0) is 129 Å². The lowest BCUT2D eigenvalue weighted by molar-refractivity contribution is 0.669. The number of pyridine rings is 1. The molecule has 0 amide bonds. The van der Waals surface area contributed by atoms with E-state index < -0.39 is 0 Å². The van der Waals surface area contributed by atoms with E-state index in [2.05, 4.69) is 264 Å². The van der Waals surface area contributed by atoms with Crippen molar-refractivity contribution in [1.29, 1.82) is 0 Å². The van der Waals surface area contributed by atoms with Crippen LogP contribution in [0.25, 0.3) is 156 Å². The van der Waals surface area contributed by atoms with E-state index in [1.807, 2.05) is 24.3 Å². The Hall–Kier alpha value is -11.0. The molecule has 0 atom stereocenters. The molecular weight excluding hydrogens is 989 g/mol. The lowest BCUT2D eigenvalue weighted by Gasteiger charge is -2.12. The van der Waals surface area contributed by atoms with Crippen molar-refractivity contribution in [2.45, 2.75) is 0 Å². The average molecular weight is 1040 g/mol. The Kier molecular flexibility index (Phi) is 10.7. The minimum Gasteiger partial charge on any atom is -0.456 e. The predicted octanol–water partition coefficient (Wildman–Crippen LogP) is 19.0. The zero-order chi connectivity index (χ0) is 53.4. The monoisotopic (exact) mass is 1030 g/mol. The van der Waals surface area contributed by atoms with Crippen LogP contribution in [0.1, 0.15) is 0 Å². The van der Waals surface area contributed by atoms with Crippen LogP contribution in [-0.2, 0) is 0 Å². The summed E-state index contributed by atoms with van der Waals surface area (Å²) in [7, 11) is 0. The molecule has 0 saturated carbocycles. The van der Waals surface area contributed by atoms with E-state index in [9.17, 15) is 0 Å². The van der Waals surface area contributed by atoms with Crippen molar-refractivity contribution in [2.24, 2.45) is 0 Å². The first-order chi connectivity index (χ1) is 40.1. The fourth-order valence-electron chi connectivity index (χ4n) is 12.0. The van der Waals surface area contributed by atoms with Gasteiger partial charge in [-0.15, -0.1) is 0 Å². The van der Waals surface area contributed by atoms with Crippen LogP contribution in [0.3, 0.4) is 0 Å². The molecule has 0 radical (unpaired) electrons. The fourth-order valence-corrected chi connectivity index (χ4v) is 12.0. The number of nitrogens with zero attached hydrogens (tertiary/aromatic N) is 6. The van der Waals surface area contributed by atoms with Crippen LogP contribution < -0.4 is 0 Å². The second kappa shape index (κ2) is 18.9. The van der Waals surface area contributed by atoms with Crippen LogP contribution >= 0.6 is 0 Å². The van der Waals surface area contributed by atoms with E-state index in [0.717, 1.165) is 138 Å². The van der Waals surface area contributed by atoms with Crippen molar-refractivity contribution < 1.29 is 4.42 Å². The van der Waals surface area contributed by atoms with Gasteiger partial charge in [-0.25, -0.2) is 9.97 Å². The molecule has 81 heavy (non-hydrogen) atoms. The molecule has 0 aliphatic rings. The Labute approximate surface area is 466 Å². The molecule has 0 spiro atoms. The summed E-state index contributed by atoms with van der Waals surface area (Å²) in [6, 6.07) is 98.2. The molecule has 0 fully saturated rings. The van der Waals surface area contributed by atoms with Gasteiger partial charge >= 0.3 is 0 Å². The van der Waals surface area contributed by atoms with E-state index in [4.69, 9.17) is 24.4 Å². The quantitative estimate of drug-likeness (QED) is 0.144. The van der Waals surface area contributed by atoms with Crippen LogP contribution in [-0.4, -0.2) is 29.1 Å². The molecule has 0 N–H and O–H groups in total. The standard InChI is InChI=1S/C74H46N6O/c1-5-18-47(19-6-1)51-26-15-28-56(42-51)72-76-73(57-29-16-27-52(43-57)48-20-7-2-8-21-48)78-74(77-72)80-64-38-35-54(50-24-11-4-12-25-50)45-61(64)71-66(80)40-39-65-70(71)60-44-53(49-22-9-3-10-23-49)34-37-63(60)79(65)69-33-17-31-62(75-69)55-36-41-68-59(46-55)58-30-13-14-32-67(58)81-68/h1-46H.